The van der Waals surface area contributed by atoms with E-state index in [1.165, 1.54) is 46.6 Å². The third-order valence-corrected chi connectivity index (χ3v) is 5.64. The van der Waals surface area contributed by atoms with Crippen LogP contribution >= 0.6 is 15.9 Å². The first-order valence-electron chi connectivity index (χ1n) is 7.25. The fourth-order valence-electron chi connectivity index (χ4n) is 4.01. The lowest BCUT2D eigenvalue weighted by Gasteiger charge is -2.25. The SMILES string of the molecule is Brc1ccc(NC2CC3CCC2C3)c2ccccc12. The molecular formula is C17H18BrN. The van der Waals surface area contributed by atoms with E-state index in [-0.39, 0.29) is 0 Å². The predicted octanol–water partition coefficient (Wildman–Crippen LogP) is 5.20. The molecule has 2 heteroatoms. The first-order chi connectivity index (χ1) is 9.31. The number of hydrogen-bond acceptors (Lipinski definition) is 1. The van der Waals surface area contributed by atoms with Crippen LogP contribution in [0.4, 0.5) is 5.69 Å². The Labute approximate surface area is 122 Å². The molecule has 2 aliphatic carbocycles. The quantitative estimate of drug-likeness (QED) is 0.802. The molecule has 0 heterocycles. The number of nitrogens with one attached hydrogen (secondary N) is 1. The topological polar surface area (TPSA) is 12.0 Å². The zero-order chi connectivity index (χ0) is 12.8. The van der Waals surface area contributed by atoms with E-state index in [2.05, 4.69) is 57.6 Å². The van der Waals surface area contributed by atoms with Gasteiger partial charge < -0.3 is 5.32 Å². The normalized spacial score (nSPS) is 29.0. The highest BCUT2D eigenvalue weighted by molar-refractivity contribution is 9.10. The summed E-state index contributed by atoms with van der Waals surface area (Å²) in [7, 11) is 0. The molecule has 0 aromatic heterocycles. The number of hydrogen-bond donors (Lipinski definition) is 1. The third-order valence-electron chi connectivity index (χ3n) is 4.95. The summed E-state index contributed by atoms with van der Waals surface area (Å²) in [4.78, 5) is 0. The fraction of sp³-hybridized carbons (Fsp3) is 0.412. The molecule has 0 amide bonds. The van der Waals surface area contributed by atoms with Gasteiger partial charge >= 0.3 is 0 Å². The van der Waals surface area contributed by atoms with Crippen molar-refractivity contribution >= 4 is 32.4 Å². The lowest BCUT2D eigenvalue weighted by molar-refractivity contribution is 0.440. The molecule has 2 bridgehead atoms. The van der Waals surface area contributed by atoms with Gasteiger partial charge in [0.1, 0.15) is 0 Å². The maximum Gasteiger partial charge on any atom is 0.0422 e. The van der Waals surface area contributed by atoms with Crippen LogP contribution in [0.2, 0.25) is 0 Å². The van der Waals surface area contributed by atoms with Crippen LogP contribution in [0.15, 0.2) is 40.9 Å². The molecule has 1 N–H and O–H groups in total. The lowest BCUT2D eigenvalue weighted by atomic mass is 9.95. The maximum absolute atomic E-state index is 3.82. The molecule has 19 heavy (non-hydrogen) atoms. The van der Waals surface area contributed by atoms with Gasteiger partial charge in [-0.25, -0.2) is 0 Å². The standard InChI is InChI=1S/C17H18BrN/c18-15-7-8-16(14-4-2-1-3-13(14)15)19-17-10-11-5-6-12(17)9-11/h1-4,7-8,11-12,17,19H,5-6,9-10H2. The van der Waals surface area contributed by atoms with Crippen molar-refractivity contribution in [3.63, 3.8) is 0 Å². The number of anilines is 1. The Morgan fingerprint density at radius 2 is 1.79 bits per heavy atom. The van der Waals surface area contributed by atoms with Crippen molar-refractivity contribution in [3.8, 4) is 0 Å². The first kappa shape index (κ1) is 11.8. The molecular weight excluding hydrogens is 298 g/mol. The molecule has 2 fully saturated rings. The van der Waals surface area contributed by atoms with Crippen LogP contribution < -0.4 is 5.32 Å². The van der Waals surface area contributed by atoms with E-state index in [0.29, 0.717) is 6.04 Å². The summed E-state index contributed by atoms with van der Waals surface area (Å²) in [5, 5.41) is 6.46. The second kappa shape index (κ2) is 4.52. The number of halogens is 1. The minimum atomic E-state index is 0.698. The van der Waals surface area contributed by atoms with Crippen LogP contribution in [0.5, 0.6) is 0 Å². The molecule has 0 aliphatic heterocycles. The molecule has 4 rings (SSSR count). The molecule has 0 saturated heterocycles. The number of rotatable bonds is 2. The number of benzene rings is 2. The molecule has 3 atom stereocenters. The van der Waals surface area contributed by atoms with Gasteiger partial charge in [0.05, 0.1) is 0 Å². The summed E-state index contributed by atoms with van der Waals surface area (Å²) in [6, 6.07) is 13.7. The van der Waals surface area contributed by atoms with Gasteiger partial charge in [0, 0.05) is 21.6 Å². The van der Waals surface area contributed by atoms with E-state index in [0.717, 1.165) is 11.8 Å². The van der Waals surface area contributed by atoms with Gasteiger partial charge in [-0.1, -0.05) is 46.6 Å². The summed E-state index contributed by atoms with van der Waals surface area (Å²) in [5.41, 5.74) is 1.30. The Kier molecular flexibility index (Phi) is 2.80. The van der Waals surface area contributed by atoms with E-state index in [9.17, 15) is 0 Å². The summed E-state index contributed by atoms with van der Waals surface area (Å²) in [6.07, 6.45) is 5.71. The molecule has 0 spiro atoms. The Morgan fingerprint density at radius 1 is 0.947 bits per heavy atom. The van der Waals surface area contributed by atoms with Crippen molar-refractivity contribution < 1.29 is 0 Å². The van der Waals surface area contributed by atoms with Crippen molar-refractivity contribution in [2.75, 3.05) is 5.32 Å². The van der Waals surface area contributed by atoms with Crippen LogP contribution in [-0.4, -0.2) is 6.04 Å². The molecule has 98 valence electrons. The zero-order valence-electron chi connectivity index (χ0n) is 10.9. The van der Waals surface area contributed by atoms with Gasteiger partial charge in [0.15, 0.2) is 0 Å². The Hall–Kier alpha value is -1.02. The molecule has 2 aromatic rings. The second-order valence-electron chi connectivity index (χ2n) is 6.07. The van der Waals surface area contributed by atoms with Crippen LogP contribution in [0.25, 0.3) is 10.8 Å². The minimum Gasteiger partial charge on any atom is -0.382 e. The van der Waals surface area contributed by atoms with Crippen molar-refractivity contribution in [2.24, 2.45) is 11.8 Å². The van der Waals surface area contributed by atoms with Crippen LogP contribution in [-0.2, 0) is 0 Å². The van der Waals surface area contributed by atoms with Gasteiger partial charge in [-0.05, 0) is 48.6 Å². The highest BCUT2D eigenvalue weighted by Crippen LogP contribution is 2.46. The maximum atomic E-state index is 3.82. The largest absolute Gasteiger partial charge is 0.382 e. The molecule has 0 radical (unpaired) electrons. The van der Waals surface area contributed by atoms with Gasteiger partial charge in [0.25, 0.3) is 0 Å². The van der Waals surface area contributed by atoms with E-state index in [1.807, 2.05) is 0 Å². The van der Waals surface area contributed by atoms with Gasteiger partial charge in [0.2, 0.25) is 0 Å². The summed E-state index contributed by atoms with van der Waals surface area (Å²) in [6.45, 7) is 0. The van der Waals surface area contributed by atoms with Crippen molar-refractivity contribution in [2.45, 2.75) is 31.7 Å². The smallest absolute Gasteiger partial charge is 0.0422 e. The predicted molar refractivity (Wildman–Crippen MR) is 84.5 cm³/mol. The lowest BCUT2D eigenvalue weighted by Crippen LogP contribution is -2.25. The molecule has 2 saturated carbocycles. The minimum absolute atomic E-state index is 0.698. The molecule has 3 unspecified atom stereocenters. The van der Waals surface area contributed by atoms with Crippen LogP contribution in [0.1, 0.15) is 25.7 Å². The monoisotopic (exact) mass is 315 g/mol. The van der Waals surface area contributed by atoms with Crippen LogP contribution in [0.3, 0.4) is 0 Å². The molecule has 1 nitrogen and oxygen atoms in total. The van der Waals surface area contributed by atoms with Gasteiger partial charge in [-0.2, -0.15) is 0 Å². The van der Waals surface area contributed by atoms with Gasteiger partial charge in [-0.3, -0.25) is 0 Å². The average Bonchev–Trinajstić information content (AvgIpc) is 3.05. The van der Waals surface area contributed by atoms with E-state index < -0.39 is 0 Å². The molecule has 2 aliphatic rings. The van der Waals surface area contributed by atoms with E-state index >= 15 is 0 Å². The highest BCUT2D eigenvalue weighted by atomic mass is 79.9. The van der Waals surface area contributed by atoms with E-state index in [1.54, 1.807) is 0 Å². The Bertz CT molecular complexity index is 622. The van der Waals surface area contributed by atoms with Crippen molar-refractivity contribution in [1.29, 1.82) is 0 Å². The van der Waals surface area contributed by atoms with Crippen LogP contribution in [0, 0.1) is 11.8 Å². The zero-order valence-corrected chi connectivity index (χ0v) is 12.5. The fourth-order valence-corrected chi connectivity index (χ4v) is 4.49. The Morgan fingerprint density at radius 3 is 2.53 bits per heavy atom. The third kappa shape index (κ3) is 1.97. The molecule has 2 aromatic carbocycles. The second-order valence-corrected chi connectivity index (χ2v) is 6.92. The van der Waals surface area contributed by atoms with Crippen molar-refractivity contribution in [1.82, 2.24) is 0 Å². The average molecular weight is 316 g/mol. The summed E-state index contributed by atoms with van der Waals surface area (Å²) >= 11 is 3.65. The first-order valence-corrected chi connectivity index (χ1v) is 8.04. The van der Waals surface area contributed by atoms with Gasteiger partial charge in [-0.15, -0.1) is 0 Å². The summed E-state index contributed by atoms with van der Waals surface area (Å²) < 4.78 is 1.18. The summed E-state index contributed by atoms with van der Waals surface area (Å²) in [5.74, 6) is 1.90. The van der Waals surface area contributed by atoms with E-state index in [4.69, 9.17) is 0 Å². The number of fused-ring (bicyclic) bond motifs is 3. The highest BCUT2D eigenvalue weighted by Gasteiger charge is 2.39. The van der Waals surface area contributed by atoms with Crippen molar-refractivity contribution in [3.05, 3.63) is 40.9 Å². The Balaban J connectivity index is 1.70.